The maximum absolute atomic E-state index is 12.9. The summed E-state index contributed by atoms with van der Waals surface area (Å²) in [6.07, 6.45) is 1.81. The lowest BCUT2D eigenvalue weighted by atomic mass is 10.1. The van der Waals surface area contributed by atoms with Crippen molar-refractivity contribution in [3.63, 3.8) is 0 Å². The first-order chi connectivity index (χ1) is 12.3. The maximum Gasteiger partial charge on any atom is 0.241 e. The van der Waals surface area contributed by atoms with Crippen LogP contribution < -0.4 is 9.47 Å². The molecule has 0 spiro atoms. The molecule has 1 aliphatic heterocycles. The molecule has 1 saturated heterocycles. The van der Waals surface area contributed by atoms with E-state index in [2.05, 4.69) is 0 Å². The summed E-state index contributed by atoms with van der Waals surface area (Å²) in [5.74, 6) is 1.20. The van der Waals surface area contributed by atoms with Crippen LogP contribution in [0.1, 0.15) is 31.7 Å². The number of ether oxygens (including phenoxy) is 2. The van der Waals surface area contributed by atoms with E-state index in [1.807, 2.05) is 19.1 Å². The van der Waals surface area contributed by atoms with Crippen LogP contribution in [0.15, 0.2) is 18.2 Å². The van der Waals surface area contributed by atoms with Crippen LogP contribution in [0.4, 0.5) is 0 Å². The quantitative estimate of drug-likeness (QED) is 0.684. The first-order valence-corrected chi connectivity index (χ1v) is 10.4. The lowest BCUT2D eigenvalue weighted by Crippen LogP contribution is -2.46. The Bertz CT molecular complexity index is 735. The Hall–Kier alpha value is -1.80. The molecule has 0 aromatic heterocycles. The smallest absolute Gasteiger partial charge is 0.241 e. The van der Waals surface area contributed by atoms with Gasteiger partial charge in [-0.05, 0) is 31.4 Å². The largest absolute Gasteiger partial charge is 0.497 e. The summed E-state index contributed by atoms with van der Waals surface area (Å²) in [5.41, 5.74) is 0.838. The second-order valence-corrected chi connectivity index (χ2v) is 8.50. The lowest BCUT2D eigenvalue weighted by Gasteiger charge is -2.28. The van der Waals surface area contributed by atoms with Gasteiger partial charge in [-0.25, -0.2) is 8.42 Å². The minimum absolute atomic E-state index is 0.0762. The van der Waals surface area contributed by atoms with Gasteiger partial charge in [-0.3, -0.25) is 4.79 Å². The van der Waals surface area contributed by atoms with Crippen molar-refractivity contribution in [1.29, 1.82) is 0 Å². The van der Waals surface area contributed by atoms with E-state index < -0.39 is 16.1 Å². The normalized spacial score (nSPS) is 17.9. The molecule has 1 atom stereocenters. The highest BCUT2D eigenvalue weighted by atomic mass is 32.2. The van der Waals surface area contributed by atoms with Gasteiger partial charge in [-0.1, -0.05) is 6.92 Å². The molecular formula is C18H28N2O5S. The van der Waals surface area contributed by atoms with E-state index in [0.29, 0.717) is 43.9 Å². The number of likely N-dealkylation sites (N-methyl/N-ethyl adjacent to an activating group) is 1. The Morgan fingerprint density at radius 3 is 2.65 bits per heavy atom. The molecule has 1 fully saturated rings. The van der Waals surface area contributed by atoms with Gasteiger partial charge in [-0.15, -0.1) is 0 Å². The minimum Gasteiger partial charge on any atom is -0.497 e. The molecule has 1 amide bonds. The summed E-state index contributed by atoms with van der Waals surface area (Å²) in [4.78, 5) is 14.5. The molecule has 1 aromatic carbocycles. The maximum atomic E-state index is 12.9. The van der Waals surface area contributed by atoms with E-state index in [9.17, 15) is 13.2 Å². The molecule has 2 rings (SSSR count). The second kappa shape index (κ2) is 8.73. The van der Waals surface area contributed by atoms with Crippen LogP contribution >= 0.6 is 0 Å². The fourth-order valence-electron chi connectivity index (χ4n) is 3.27. The van der Waals surface area contributed by atoms with Gasteiger partial charge in [0.05, 0.1) is 20.0 Å². The molecule has 7 nitrogen and oxygen atoms in total. The van der Waals surface area contributed by atoms with E-state index >= 15 is 0 Å². The molecule has 0 unspecified atom stereocenters. The van der Waals surface area contributed by atoms with Crippen LogP contribution in [-0.2, 0) is 21.4 Å². The van der Waals surface area contributed by atoms with Crippen molar-refractivity contribution in [3.05, 3.63) is 23.8 Å². The number of hydrogen-bond acceptors (Lipinski definition) is 5. The number of hydrogen-bond donors (Lipinski definition) is 0. The molecule has 146 valence electrons. The highest BCUT2D eigenvalue weighted by molar-refractivity contribution is 7.89. The van der Waals surface area contributed by atoms with Crippen LogP contribution in [0.25, 0.3) is 0 Å². The highest BCUT2D eigenvalue weighted by Gasteiger charge is 2.39. The molecule has 0 N–H and O–H groups in total. The number of sulfonamides is 1. The van der Waals surface area contributed by atoms with Crippen molar-refractivity contribution in [3.8, 4) is 11.5 Å². The molecule has 0 bridgehead atoms. The van der Waals surface area contributed by atoms with Crippen molar-refractivity contribution in [1.82, 2.24) is 9.21 Å². The van der Waals surface area contributed by atoms with Crippen LogP contribution in [-0.4, -0.2) is 63.1 Å². The van der Waals surface area contributed by atoms with Crippen LogP contribution in [0.3, 0.4) is 0 Å². The van der Waals surface area contributed by atoms with E-state index in [0.717, 1.165) is 5.56 Å². The molecule has 1 heterocycles. The predicted octanol–water partition coefficient (Wildman–Crippen LogP) is 1.87. The zero-order valence-corrected chi connectivity index (χ0v) is 16.7. The Morgan fingerprint density at radius 1 is 1.31 bits per heavy atom. The van der Waals surface area contributed by atoms with Gasteiger partial charge in [0.1, 0.15) is 17.5 Å². The number of amides is 1. The van der Waals surface area contributed by atoms with Crippen LogP contribution in [0.2, 0.25) is 0 Å². The van der Waals surface area contributed by atoms with Crippen LogP contribution in [0, 0.1) is 0 Å². The molecule has 0 aliphatic carbocycles. The van der Waals surface area contributed by atoms with Gasteiger partial charge in [0.2, 0.25) is 15.9 Å². The van der Waals surface area contributed by atoms with E-state index in [1.54, 1.807) is 32.2 Å². The number of carbonyl (C=O) groups excluding carboxylic acids is 1. The summed E-state index contributed by atoms with van der Waals surface area (Å²) < 4.78 is 36.8. The number of nitrogens with zero attached hydrogens (tertiary/aromatic N) is 2. The van der Waals surface area contributed by atoms with Crippen molar-refractivity contribution in [2.45, 2.75) is 38.8 Å². The zero-order valence-electron chi connectivity index (χ0n) is 15.9. The zero-order chi connectivity index (χ0) is 19.3. The van der Waals surface area contributed by atoms with Gasteiger partial charge in [-0.2, -0.15) is 4.31 Å². The Balaban J connectivity index is 2.14. The van der Waals surface area contributed by atoms with Crippen molar-refractivity contribution >= 4 is 15.9 Å². The number of carbonyl (C=O) groups is 1. The topological polar surface area (TPSA) is 76.2 Å². The molecule has 0 radical (unpaired) electrons. The summed E-state index contributed by atoms with van der Waals surface area (Å²) in [7, 11) is 1.45. The SMILES string of the molecule is CCCS(=O)(=O)N1CCC[C@H]1C(=O)N(C)Cc1ccc(OC)cc1OC. The highest BCUT2D eigenvalue weighted by Crippen LogP contribution is 2.27. The monoisotopic (exact) mass is 384 g/mol. The molecule has 1 aromatic rings. The molecule has 0 saturated carbocycles. The van der Waals surface area contributed by atoms with Crippen molar-refractivity contribution in [2.24, 2.45) is 0 Å². The van der Waals surface area contributed by atoms with Crippen molar-refractivity contribution < 1.29 is 22.7 Å². The molecular weight excluding hydrogens is 356 g/mol. The summed E-state index contributed by atoms with van der Waals surface area (Å²) >= 11 is 0. The van der Waals surface area contributed by atoms with Gasteiger partial charge < -0.3 is 14.4 Å². The lowest BCUT2D eigenvalue weighted by molar-refractivity contribution is -0.133. The third-order valence-corrected chi connectivity index (χ3v) is 6.66. The number of benzene rings is 1. The number of rotatable bonds is 8. The van der Waals surface area contributed by atoms with Crippen molar-refractivity contribution in [2.75, 3.05) is 33.6 Å². The Kier molecular flexibility index (Phi) is 6.88. The predicted molar refractivity (Wildman–Crippen MR) is 99.8 cm³/mol. The minimum atomic E-state index is -3.39. The third-order valence-electron chi connectivity index (χ3n) is 4.59. The second-order valence-electron chi connectivity index (χ2n) is 6.46. The first kappa shape index (κ1) is 20.5. The third kappa shape index (κ3) is 4.48. The summed E-state index contributed by atoms with van der Waals surface area (Å²) in [5, 5.41) is 0. The fourth-order valence-corrected chi connectivity index (χ4v) is 5.01. The molecule has 8 heteroatoms. The standard InChI is InChI=1S/C18H28N2O5S/c1-5-11-26(22,23)20-10-6-7-16(20)18(21)19(2)13-14-8-9-15(24-3)12-17(14)25-4/h8-9,12,16H,5-7,10-11,13H2,1-4H3/t16-/m0/s1. The average molecular weight is 384 g/mol. The van der Waals surface area contributed by atoms with E-state index in [4.69, 9.17) is 9.47 Å². The number of methoxy groups -OCH3 is 2. The van der Waals surface area contributed by atoms with Gasteiger partial charge in [0.25, 0.3) is 0 Å². The summed E-state index contributed by atoms with van der Waals surface area (Å²) in [6.45, 7) is 2.58. The molecule has 26 heavy (non-hydrogen) atoms. The van der Waals surface area contributed by atoms with E-state index in [-0.39, 0.29) is 11.7 Å². The molecule has 1 aliphatic rings. The van der Waals surface area contributed by atoms with Crippen LogP contribution in [0.5, 0.6) is 11.5 Å². The average Bonchev–Trinajstić information content (AvgIpc) is 3.12. The fraction of sp³-hybridized carbons (Fsp3) is 0.611. The summed E-state index contributed by atoms with van der Waals surface area (Å²) in [6, 6.07) is 4.81. The van der Waals surface area contributed by atoms with Gasteiger partial charge >= 0.3 is 0 Å². The van der Waals surface area contributed by atoms with Gasteiger partial charge in [0.15, 0.2) is 0 Å². The van der Waals surface area contributed by atoms with E-state index in [1.165, 1.54) is 4.31 Å². The Labute approximate surface area is 155 Å². The first-order valence-electron chi connectivity index (χ1n) is 8.79. The van der Waals surface area contributed by atoms with Gasteiger partial charge in [0, 0.05) is 31.8 Å². The Morgan fingerprint density at radius 2 is 2.04 bits per heavy atom.